The third kappa shape index (κ3) is 2.63. The Hall–Kier alpha value is -1.43. The van der Waals surface area contributed by atoms with Crippen molar-refractivity contribution in [3.05, 3.63) is 12.2 Å². The second kappa shape index (κ2) is 5.27. The van der Waals surface area contributed by atoms with E-state index in [4.69, 9.17) is 5.73 Å². The average molecular weight is 237 g/mol. The van der Waals surface area contributed by atoms with Crippen LogP contribution in [-0.4, -0.2) is 27.6 Å². The summed E-state index contributed by atoms with van der Waals surface area (Å²) in [4.78, 5) is 16.2. The molecular weight excluding hydrogens is 218 g/mol. The Bertz CT molecular complexity index is 356. The molecule has 0 unspecified atom stereocenters. The standard InChI is InChI=1S/C11H19N5O/c12-7-11(4-2-1-3-5-11)10(17)13-6-9-14-8-15-16-9/h8H,1-7,12H2,(H,13,17)(H,14,15,16). The highest BCUT2D eigenvalue weighted by atomic mass is 16.2. The highest BCUT2D eigenvalue weighted by Gasteiger charge is 2.37. The summed E-state index contributed by atoms with van der Waals surface area (Å²) < 4.78 is 0. The van der Waals surface area contributed by atoms with Crippen LogP contribution in [0.1, 0.15) is 37.9 Å². The summed E-state index contributed by atoms with van der Waals surface area (Å²) in [6, 6.07) is 0. The van der Waals surface area contributed by atoms with Gasteiger partial charge in [0.2, 0.25) is 5.91 Å². The van der Waals surface area contributed by atoms with Crippen molar-refractivity contribution in [3.8, 4) is 0 Å². The maximum absolute atomic E-state index is 12.2. The number of aromatic nitrogens is 3. The number of hydrogen-bond donors (Lipinski definition) is 3. The second-order valence-corrected chi connectivity index (χ2v) is 4.66. The molecule has 0 atom stereocenters. The molecule has 17 heavy (non-hydrogen) atoms. The SMILES string of the molecule is NCC1(C(=O)NCc2ncn[nH]2)CCCCC1. The predicted molar refractivity (Wildman–Crippen MR) is 62.8 cm³/mol. The van der Waals surface area contributed by atoms with Crippen LogP contribution in [0.25, 0.3) is 0 Å². The van der Waals surface area contributed by atoms with Gasteiger partial charge in [0.05, 0.1) is 12.0 Å². The molecule has 0 radical (unpaired) electrons. The topological polar surface area (TPSA) is 96.7 Å². The first kappa shape index (κ1) is 12.0. The molecule has 0 spiro atoms. The molecule has 0 aliphatic heterocycles. The second-order valence-electron chi connectivity index (χ2n) is 4.66. The zero-order valence-electron chi connectivity index (χ0n) is 9.91. The molecule has 0 saturated heterocycles. The fourth-order valence-corrected chi connectivity index (χ4v) is 2.42. The zero-order chi connectivity index (χ0) is 12.1. The average Bonchev–Trinajstić information content (AvgIpc) is 2.90. The van der Waals surface area contributed by atoms with Gasteiger partial charge in [0, 0.05) is 6.54 Å². The van der Waals surface area contributed by atoms with Crippen molar-refractivity contribution < 1.29 is 4.79 Å². The number of nitrogens with one attached hydrogen (secondary N) is 2. The molecule has 0 bridgehead atoms. The number of aromatic amines is 1. The quantitative estimate of drug-likeness (QED) is 0.703. The largest absolute Gasteiger partial charge is 0.348 e. The number of carbonyl (C=O) groups is 1. The van der Waals surface area contributed by atoms with E-state index in [2.05, 4.69) is 20.5 Å². The number of H-pyrrole nitrogens is 1. The van der Waals surface area contributed by atoms with Crippen LogP contribution in [0.5, 0.6) is 0 Å². The van der Waals surface area contributed by atoms with Crippen molar-refractivity contribution in [2.45, 2.75) is 38.6 Å². The van der Waals surface area contributed by atoms with Crippen LogP contribution in [-0.2, 0) is 11.3 Å². The summed E-state index contributed by atoms with van der Waals surface area (Å²) >= 11 is 0. The van der Waals surface area contributed by atoms with E-state index in [9.17, 15) is 4.79 Å². The van der Waals surface area contributed by atoms with E-state index in [1.807, 2.05) is 0 Å². The van der Waals surface area contributed by atoms with Crippen LogP contribution in [0.3, 0.4) is 0 Å². The van der Waals surface area contributed by atoms with Gasteiger partial charge in [-0.1, -0.05) is 19.3 Å². The lowest BCUT2D eigenvalue weighted by molar-refractivity contribution is -0.132. The first-order valence-corrected chi connectivity index (χ1v) is 6.09. The molecule has 2 rings (SSSR count). The first-order valence-electron chi connectivity index (χ1n) is 6.09. The van der Waals surface area contributed by atoms with Crippen molar-refractivity contribution >= 4 is 5.91 Å². The minimum absolute atomic E-state index is 0.0519. The van der Waals surface area contributed by atoms with Gasteiger partial charge >= 0.3 is 0 Å². The Kier molecular flexibility index (Phi) is 3.73. The van der Waals surface area contributed by atoms with Gasteiger partial charge in [0.1, 0.15) is 12.2 Å². The molecule has 1 aromatic heterocycles. The third-order valence-corrected chi connectivity index (χ3v) is 3.56. The molecular formula is C11H19N5O. The van der Waals surface area contributed by atoms with Gasteiger partial charge in [-0.3, -0.25) is 9.89 Å². The highest BCUT2D eigenvalue weighted by Crippen LogP contribution is 2.35. The molecule has 94 valence electrons. The maximum Gasteiger partial charge on any atom is 0.227 e. The molecule has 1 aromatic rings. The summed E-state index contributed by atoms with van der Waals surface area (Å²) in [6.07, 6.45) is 6.61. The van der Waals surface area contributed by atoms with Crippen LogP contribution < -0.4 is 11.1 Å². The number of carbonyl (C=O) groups excluding carboxylic acids is 1. The smallest absolute Gasteiger partial charge is 0.227 e. The van der Waals surface area contributed by atoms with Gasteiger partial charge in [-0.15, -0.1) is 0 Å². The van der Waals surface area contributed by atoms with E-state index in [-0.39, 0.29) is 11.3 Å². The fourth-order valence-electron chi connectivity index (χ4n) is 2.42. The van der Waals surface area contributed by atoms with Crippen LogP contribution >= 0.6 is 0 Å². The molecule has 1 fully saturated rings. The minimum atomic E-state index is -0.363. The van der Waals surface area contributed by atoms with E-state index in [0.717, 1.165) is 25.7 Å². The normalized spacial score (nSPS) is 18.9. The molecule has 1 aliphatic carbocycles. The summed E-state index contributed by atoms with van der Waals surface area (Å²) in [7, 11) is 0. The summed E-state index contributed by atoms with van der Waals surface area (Å²) in [5.74, 6) is 0.720. The Balaban J connectivity index is 1.93. The van der Waals surface area contributed by atoms with Crippen LogP contribution in [0.2, 0.25) is 0 Å². The van der Waals surface area contributed by atoms with Gasteiger partial charge in [0.25, 0.3) is 0 Å². The summed E-state index contributed by atoms with van der Waals surface area (Å²) in [5, 5.41) is 9.35. The van der Waals surface area contributed by atoms with Gasteiger partial charge in [-0.05, 0) is 12.8 Å². The molecule has 6 nitrogen and oxygen atoms in total. The highest BCUT2D eigenvalue weighted by molar-refractivity contribution is 5.82. The van der Waals surface area contributed by atoms with E-state index in [1.54, 1.807) is 0 Å². The molecule has 1 aliphatic rings. The van der Waals surface area contributed by atoms with Gasteiger partial charge in [0.15, 0.2) is 0 Å². The van der Waals surface area contributed by atoms with Crippen molar-refractivity contribution in [2.24, 2.45) is 11.1 Å². The van der Waals surface area contributed by atoms with Crippen LogP contribution in [0, 0.1) is 5.41 Å². The first-order chi connectivity index (χ1) is 8.27. The Labute approximate surface area is 100 Å². The lowest BCUT2D eigenvalue weighted by Gasteiger charge is -2.34. The lowest BCUT2D eigenvalue weighted by Crippen LogP contribution is -2.47. The Morgan fingerprint density at radius 1 is 1.47 bits per heavy atom. The fraction of sp³-hybridized carbons (Fsp3) is 0.727. The van der Waals surface area contributed by atoms with E-state index >= 15 is 0 Å². The van der Waals surface area contributed by atoms with Crippen molar-refractivity contribution in [1.29, 1.82) is 0 Å². The third-order valence-electron chi connectivity index (χ3n) is 3.56. The molecule has 1 amide bonds. The summed E-state index contributed by atoms with van der Waals surface area (Å²) in [5.41, 5.74) is 5.43. The van der Waals surface area contributed by atoms with Gasteiger partial charge < -0.3 is 11.1 Å². The van der Waals surface area contributed by atoms with Crippen molar-refractivity contribution in [1.82, 2.24) is 20.5 Å². The predicted octanol–water partition coefficient (Wildman–Crippen LogP) is 0.330. The number of hydrogen-bond acceptors (Lipinski definition) is 4. The van der Waals surface area contributed by atoms with Crippen molar-refractivity contribution in [3.63, 3.8) is 0 Å². The molecule has 6 heteroatoms. The van der Waals surface area contributed by atoms with Crippen LogP contribution in [0.15, 0.2) is 6.33 Å². The minimum Gasteiger partial charge on any atom is -0.348 e. The maximum atomic E-state index is 12.2. The van der Waals surface area contributed by atoms with Crippen molar-refractivity contribution in [2.75, 3.05) is 6.54 Å². The summed E-state index contributed by atoms with van der Waals surface area (Å²) in [6.45, 7) is 0.815. The van der Waals surface area contributed by atoms with Gasteiger partial charge in [-0.25, -0.2) is 4.98 Å². The van der Waals surface area contributed by atoms with E-state index in [1.165, 1.54) is 12.7 Å². The zero-order valence-corrected chi connectivity index (χ0v) is 9.91. The Morgan fingerprint density at radius 3 is 2.82 bits per heavy atom. The molecule has 0 aromatic carbocycles. The number of nitrogens with zero attached hydrogens (tertiary/aromatic N) is 2. The number of rotatable bonds is 4. The Morgan fingerprint density at radius 2 is 2.24 bits per heavy atom. The van der Waals surface area contributed by atoms with Crippen LogP contribution in [0.4, 0.5) is 0 Å². The number of nitrogens with two attached hydrogens (primary N) is 1. The molecule has 1 heterocycles. The molecule has 1 saturated carbocycles. The number of amides is 1. The molecule has 4 N–H and O–H groups in total. The van der Waals surface area contributed by atoms with E-state index < -0.39 is 0 Å². The lowest BCUT2D eigenvalue weighted by atomic mass is 9.73. The van der Waals surface area contributed by atoms with Gasteiger partial charge in [-0.2, -0.15) is 5.10 Å². The van der Waals surface area contributed by atoms with E-state index in [0.29, 0.717) is 18.9 Å². The monoisotopic (exact) mass is 237 g/mol.